The lowest BCUT2D eigenvalue weighted by atomic mass is 9.94. The Balaban J connectivity index is 2.20. The summed E-state index contributed by atoms with van der Waals surface area (Å²) in [6.45, 7) is 8.66. The highest BCUT2D eigenvalue weighted by Gasteiger charge is 2.33. The van der Waals surface area contributed by atoms with Crippen LogP contribution in [0.15, 0.2) is 25.3 Å². The van der Waals surface area contributed by atoms with Gasteiger partial charge in [0.25, 0.3) is 0 Å². The first-order chi connectivity index (χ1) is 12.6. The van der Waals surface area contributed by atoms with E-state index in [1.54, 1.807) is 0 Å². The zero-order chi connectivity index (χ0) is 19.1. The van der Waals surface area contributed by atoms with Gasteiger partial charge in [-0.25, -0.2) is 9.59 Å². The van der Waals surface area contributed by atoms with Crippen molar-refractivity contribution >= 4 is 11.9 Å². The van der Waals surface area contributed by atoms with Crippen LogP contribution in [0.3, 0.4) is 0 Å². The fourth-order valence-corrected chi connectivity index (χ4v) is 2.81. The van der Waals surface area contributed by atoms with Crippen LogP contribution in [0.5, 0.6) is 0 Å². The highest BCUT2D eigenvalue weighted by molar-refractivity contribution is 5.81. The monoisotopic (exact) mass is 368 g/mol. The molecule has 1 aliphatic carbocycles. The number of hydrogen-bond donors (Lipinski definition) is 0. The van der Waals surface area contributed by atoms with E-state index in [4.69, 9.17) is 18.9 Å². The van der Waals surface area contributed by atoms with E-state index in [9.17, 15) is 9.59 Å². The molecule has 0 unspecified atom stereocenters. The molecule has 0 atom stereocenters. The summed E-state index contributed by atoms with van der Waals surface area (Å²) in [6.07, 6.45) is 10.7. The van der Waals surface area contributed by atoms with Gasteiger partial charge in [0.2, 0.25) is 0 Å². The van der Waals surface area contributed by atoms with Gasteiger partial charge in [-0.1, -0.05) is 19.6 Å². The Morgan fingerprint density at radius 1 is 0.731 bits per heavy atom. The number of carbonyl (C=O) groups excluding carboxylic acids is 2. The Morgan fingerprint density at radius 2 is 1.15 bits per heavy atom. The quantitative estimate of drug-likeness (QED) is 0.201. The van der Waals surface area contributed by atoms with Crippen LogP contribution in [-0.2, 0) is 28.5 Å². The SMILES string of the molecule is C=CC(=O)OCCCCOC1(OCCCCOC(=O)C=C)CCCCC1. The predicted octanol–water partition coefficient (Wildman–Crippen LogP) is 3.70. The maximum Gasteiger partial charge on any atom is 0.330 e. The second kappa shape index (κ2) is 13.5. The van der Waals surface area contributed by atoms with Crippen molar-refractivity contribution in [1.82, 2.24) is 0 Å². The third kappa shape index (κ3) is 9.73. The first-order valence-corrected chi connectivity index (χ1v) is 9.48. The fourth-order valence-electron chi connectivity index (χ4n) is 2.81. The molecule has 0 radical (unpaired) electrons. The number of hydrogen-bond acceptors (Lipinski definition) is 6. The van der Waals surface area contributed by atoms with Crippen molar-refractivity contribution in [3.05, 3.63) is 25.3 Å². The molecular formula is C20H32O6. The lowest BCUT2D eigenvalue weighted by Crippen LogP contribution is -2.39. The minimum absolute atomic E-state index is 0.380. The van der Waals surface area contributed by atoms with E-state index in [1.807, 2.05) is 0 Å². The van der Waals surface area contributed by atoms with Crippen molar-refractivity contribution < 1.29 is 28.5 Å². The molecule has 0 heterocycles. The zero-order valence-corrected chi connectivity index (χ0v) is 15.7. The van der Waals surface area contributed by atoms with Crippen LogP contribution in [0.4, 0.5) is 0 Å². The van der Waals surface area contributed by atoms with Crippen molar-refractivity contribution in [2.75, 3.05) is 26.4 Å². The van der Waals surface area contributed by atoms with Gasteiger partial charge in [-0.15, -0.1) is 0 Å². The zero-order valence-electron chi connectivity index (χ0n) is 15.7. The van der Waals surface area contributed by atoms with Crippen LogP contribution in [0.2, 0.25) is 0 Å². The van der Waals surface area contributed by atoms with E-state index in [0.29, 0.717) is 26.4 Å². The van der Waals surface area contributed by atoms with Gasteiger partial charge in [0.15, 0.2) is 5.79 Å². The standard InChI is InChI=1S/C20H32O6/c1-3-18(21)23-14-8-10-16-25-20(12-6-5-7-13-20)26-17-11-9-15-24-19(22)4-2/h3-4H,1-2,5-17H2. The van der Waals surface area contributed by atoms with Crippen LogP contribution < -0.4 is 0 Å². The molecule has 0 amide bonds. The normalized spacial score (nSPS) is 15.8. The molecule has 6 heteroatoms. The highest BCUT2D eigenvalue weighted by atomic mass is 16.7. The van der Waals surface area contributed by atoms with E-state index >= 15 is 0 Å². The summed E-state index contributed by atoms with van der Waals surface area (Å²) in [7, 11) is 0. The van der Waals surface area contributed by atoms with Gasteiger partial charge >= 0.3 is 11.9 Å². The van der Waals surface area contributed by atoms with Crippen molar-refractivity contribution in [2.45, 2.75) is 63.6 Å². The minimum Gasteiger partial charge on any atom is -0.463 e. The Morgan fingerprint density at radius 3 is 1.58 bits per heavy atom. The Kier molecular flexibility index (Phi) is 11.6. The summed E-state index contributed by atoms with van der Waals surface area (Å²) >= 11 is 0. The number of carbonyl (C=O) groups is 2. The molecule has 1 aliphatic rings. The van der Waals surface area contributed by atoms with Gasteiger partial charge in [0.05, 0.1) is 26.4 Å². The minimum atomic E-state index is -0.492. The predicted molar refractivity (Wildman–Crippen MR) is 98.5 cm³/mol. The molecule has 0 aromatic rings. The number of unbranched alkanes of at least 4 members (excludes halogenated alkanes) is 2. The lowest BCUT2D eigenvalue weighted by molar-refractivity contribution is -0.253. The van der Waals surface area contributed by atoms with Gasteiger partial charge in [-0.05, 0) is 38.5 Å². The largest absolute Gasteiger partial charge is 0.463 e. The van der Waals surface area contributed by atoms with Crippen LogP contribution in [0.1, 0.15) is 57.8 Å². The summed E-state index contributed by atoms with van der Waals surface area (Å²) in [5.41, 5.74) is 0. The average Bonchev–Trinajstić information content (AvgIpc) is 2.67. The molecule has 0 N–H and O–H groups in total. The molecule has 0 bridgehead atoms. The molecular weight excluding hydrogens is 336 g/mol. The molecule has 0 saturated heterocycles. The van der Waals surface area contributed by atoms with E-state index in [0.717, 1.165) is 51.4 Å². The maximum absolute atomic E-state index is 11.0. The summed E-state index contributed by atoms with van der Waals surface area (Å²) < 4.78 is 22.1. The van der Waals surface area contributed by atoms with E-state index in [1.165, 1.54) is 18.6 Å². The molecule has 1 saturated carbocycles. The topological polar surface area (TPSA) is 71.1 Å². The second-order valence-corrected chi connectivity index (χ2v) is 6.33. The van der Waals surface area contributed by atoms with Crippen molar-refractivity contribution in [3.8, 4) is 0 Å². The summed E-state index contributed by atoms with van der Waals surface area (Å²) in [4.78, 5) is 21.9. The summed E-state index contributed by atoms with van der Waals surface area (Å²) in [5, 5.41) is 0. The van der Waals surface area contributed by atoms with Gasteiger partial charge in [0.1, 0.15) is 0 Å². The Bertz CT molecular complexity index is 406. The third-order valence-electron chi connectivity index (χ3n) is 4.24. The molecule has 0 spiro atoms. The molecule has 1 rings (SSSR count). The van der Waals surface area contributed by atoms with Crippen LogP contribution >= 0.6 is 0 Å². The van der Waals surface area contributed by atoms with E-state index < -0.39 is 17.7 Å². The second-order valence-electron chi connectivity index (χ2n) is 6.33. The Hall–Kier alpha value is -1.66. The maximum atomic E-state index is 11.0. The van der Waals surface area contributed by atoms with Crippen LogP contribution in [0, 0.1) is 0 Å². The van der Waals surface area contributed by atoms with Crippen molar-refractivity contribution in [3.63, 3.8) is 0 Å². The molecule has 0 aliphatic heterocycles. The molecule has 148 valence electrons. The van der Waals surface area contributed by atoms with Crippen LogP contribution in [-0.4, -0.2) is 44.2 Å². The van der Waals surface area contributed by atoms with Crippen molar-refractivity contribution in [1.29, 1.82) is 0 Å². The van der Waals surface area contributed by atoms with E-state index in [-0.39, 0.29) is 0 Å². The first-order valence-electron chi connectivity index (χ1n) is 9.48. The molecule has 26 heavy (non-hydrogen) atoms. The molecule has 0 aromatic heterocycles. The van der Waals surface area contributed by atoms with Crippen molar-refractivity contribution in [2.24, 2.45) is 0 Å². The number of esters is 2. The highest BCUT2D eigenvalue weighted by Crippen LogP contribution is 2.33. The summed E-state index contributed by atoms with van der Waals surface area (Å²) in [6, 6.07) is 0. The molecule has 6 nitrogen and oxygen atoms in total. The third-order valence-corrected chi connectivity index (χ3v) is 4.24. The van der Waals surface area contributed by atoms with Crippen LogP contribution in [0.25, 0.3) is 0 Å². The molecule has 1 fully saturated rings. The number of ether oxygens (including phenoxy) is 4. The van der Waals surface area contributed by atoms with Gasteiger partial charge in [0, 0.05) is 25.0 Å². The first kappa shape index (κ1) is 22.4. The van der Waals surface area contributed by atoms with Gasteiger partial charge in [-0.2, -0.15) is 0 Å². The fraction of sp³-hybridized carbons (Fsp3) is 0.700. The lowest BCUT2D eigenvalue weighted by Gasteiger charge is -2.37. The van der Waals surface area contributed by atoms with Gasteiger partial charge in [-0.3, -0.25) is 0 Å². The Labute approximate surface area is 156 Å². The van der Waals surface area contributed by atoms with Gasteiger partial charge < -0.3 is 18.9 Å². The average molecular weight is 368 g/mol. The smallest absolute Gasteiger partial charge is 0.330 e. The molecule has 0 aromatic carbocycles. The summed E-state index contributed by atoms with van der Waals surface area (Å²) in [5.74, 6) is -1.28. The van der Waals surface area contributed by atoms with E-state index in [2.05, 4.69) is 13.2 Å². The number of rotatable bonds is 14.